The number of nitrogens with zero attached hydrogens (tertiary/aromatic N) is 2. The van der Waals surface area contributed by atoms with Crippen molar-refractivity contribution in [1.29, 1.82) is 0 Å². The maximum Gasteiger partial charge on any atom is 0.183 e. The SMILES string of the molecule is CCn1nccc1C(=O)C1CCC1. The van der Waals surface area contributed by atoms with Crippen LogP contribution in [0.4, 0.5) is 0 Å². The summed E-state index contributed by atoms with van der Waals surface area (Å²) < 4.78 is 1.78. The highest BCUT2D eigenvalue weighted by Gasteiger charge is 2.27. The van der Waals surface area contributed by atoms with Crippen molar-refractivity contribution in [3.05, 3.63) is 18.0 Å². The first-order valence-electron chi connectivity index (χ1n) is 4.89. The number of carbonyl (C=O) groups is 1. The van der Waals surface area contributed by atoms with E-state index in [1.807, 2.05) is 13.0 Å². The zero-order valence-electron chi connectivity index (χ0n) is 7.86. The molecule has 0 spiro atoms. The molecule has 1 heterocycles. The second-order valence-corrected chi connectivity index (χ2v) is 3.52. The summed E-state index contributed by atoms with van der Waals surface area (Å²) in [6.07, 6.45) is 5.04. The zero-order valence-corrected chi connectivity index (χ0v) is 7.86. The van der Waals surface area contributed by atoms with E-state index in [4.69, 9.17) is 0 Å². The number of Topliss-reactive ketones (excluding diaryl/α,β-unsaturated/α-hetero) is 1. The number of carbonyl (C=O) groups excluding carboxylic acids is 1. The number of rotatable bonds is 3. The Balaban J connectivity index is 2.18. The zero-order chi connectivity index (χ0) is 9.26. The van der Waals surface area contributed by atoms with E-state index in [2.05, 4.69) is 5.10 Å². The molecule has 0 aromatic carbocycles. The molecule has 2 rings (SSSR count). The number of hydrogen-bond donors (Lipinski definition) is 0. The van der Waals surface area contributed by atoms with Crippen molar-refractivity contribution in [2.45, 2.75) is 32.7 Å². The van der Waals surface area contributed by atoms with Gasteiger partial charge in [-0.05, 0) is 25.8 Å². The van der Waals surface area contributed by atoms with Crippen LogP contribution in [0.2, 0.25) is 0 Å². The van der Waals surface area contributed by atoms with Gasteiger partial charge >= 0.3 is 0 Å². The monoisotopic (exact) mass is 178 g/mol. The van der Waals surface area contributed by atoms with Gasteiger partial charge in [0.15, 0.2) is 5.78 Å². The van der Waals surface area contributed by atoms with Gasteiger partial charge in [-0.15, -0.1) is 0 Å². The number of hydrogen-bond acceptors (Lipinski definition) is 2. The summed E-state index contributed by atoms with van der Waals surface area (Å²) >= 11 is 0. The summed E-state index contributed by atoms with van der Waals surface area (Å²) in [6, 6.07) is 1.82. The van der Waals surface area contributed by atoms with Crippen LogP contribution in [0.5, 0.6) is 0 Å². The summed E-state index contributed by atoms with van der Waals surface area (Å²) in [5, 5.41) is 4.09. The summed E-state index contributed by atoms with van der Waals surface area (Å²) in [5.41, 5.74) is 0.784. The largest absolute Gasteiger partial charge is 0.292 e. The normalized spacial score (nSPS) is 17.0. The Morgan fingerprint density at radius 2 is 2.46 bits per heavy atom. The van der Waals surface area contributed by atoms with Crippen molar-refractivity contribution in [3.8, 4) is 0 Å². The molecule has 0 saturated heterocycles. The molecule has 0 atom stereocenters. The van der Waals surface area contributed by atoms with E-state index in [-0.39, 0.29) is 11.7 Å². The highest BCUT2D eigenvalue weighted by Crippen LogP contribution is 2.29. The van der Waals surface area contributed by atoms with E-state index in [1.165, 1.54) is 6.42 Å². The molecule has 1 aromatic heterocycles. The second kappa shape index (κ2) is 3.32. The van der Waals surface area contributed by atoms with Crippen molar-refractivity contribution in [3.63, 3.8) is 0 Å². The van der Waals surface area contributed by atoms with Gasteiger partial charge in [0.2, 0.25) is 0 Å². The topological polar surface area (TPSA) is 34.9 Å². The molecule has 0 bridgehead atoms. The first-order valence-corrected chi connectivity index (χ1v) is 4.89. The van der Waals surface area contributed by atoms with Crippen LogP contribution >= 0.6 is 0 Å². The molecule has 13 heavy (non-hydrogen) atoms. The summed E-state index contributed by atoms with van der Waals surface area (Å²) in [6.45, 7) is 2.78. The lowest BCUT2D eigenvalue weighted by molar-refractivity contribution is 0.0844. The summed E-state index contributed by atoms with van der Waals surface area (Å²) in [7, 11) is 0. The quantitative estimate of drug-likeness (QED) is 0.662. The Morgan fingerprint density at radius 1 is 1.69 bits per heavy atom. The first kappa shape index (κ1) is 8.48. The van der Waals surface area contributed by atoms with Crippen molar-refractivity contribution in [2.24, 2.45) is 5.92 Å². The van der Waals surface area contributed by atoms with Gasteiger partial charge in [-0.2, -0.15) is 5.10 Å². The second-order valence-electron chi connectivity index (χ2n) is 3.52. The minimum atomic E-state index is 0.280. The molecule has 0 N–H and O–H groups in total. The molecule has 1 aliphatic carbocycles. The van der Waals surface area contributed by atoms with E-state index >= 15 is 0 Å². The molecule has 0 aliphatic heterocycles. The van der Waals surface area contributed by atoms with Gasteiger partial charge < -0.3 is 0 Å². The van der Waals surface area contributed by atoms with E-state index in [0.29, 0.717) is 0 Å². The molecule has 3 heteroatoms. The molecular weight excluding hydrogens is 164 g/mol. The highest BCUT2D eigenvalue weighted by molar-refractivity contribution is 5.96. The lowest BCUT2D eigenvalue weighted by Gasteiger charge is -2.23. The van der Waals surface area contributed by atoms with Crippen LogP contribution in [0.3, 0.4) is 0 Å². The third-order valence-corrected chi connectivity index (χ3v) is 2.74. The fourth-order valence-electron chi connectivity index (χ4n) is 1.67. The molecule has 1 aromatic rings. The maximum atomic E-state index is 11.8. The summed E-state index contributed by atoms with van der Waals surface area (Å²) in [4.78, 5) is 11.8. The van der Waals surface area contributed by atoms with Crippen LogP contribution in [0.15, 0.2) is 12.3 Å². The fraction of sp³-hybridized carbons (Fsp3) is 0.600. The van der Waals surface area contributed by atoms with E-state index < -0.39 is 0 Å². The molecule has 3 nitrogen and oxygen atoms in total. The Morgan fingerprint density at radius 3 is 3.00 bits per heavy atom. The average molecular weight is 178 g/mol. The minimum absolute atomic E-state index is 0.280. The van der Waals surface area contributed by atoms with Crippen LogP contribution < -0.4 is 0 Å². The van der Waals surface area contributed by atoms with Gasteiger partial charge in [-0.3, -0.25) is 9.48 Å². The first-order chi connectivity index (χ1) is 6.33. The van der Waals surface area contributed by atoms with E-state index in [1.54, 1.807) is 10.9 Å². The van der Waals surface area contributed by atoms with Gasteiger partial charge in [0.05, 0.1) is 0 Å². The third-order valence-electron chi connectivity index (χ3n) is 2.74. The standard InChI is InChI=1S/C10H14N2O/c1-2-12-9(6-7-11-12)10(13)8-4-3-5-8/h6-8H,2-5H2,1H3. The molecule has 1 aliphatic rings. The van der Waals surface area contributed by atoms with Crippen molar-refractivity contribution < 1.29 is 4.79 Å². The van der Waals surface area contributed by atoms with Crippen LogP contribution in [0.25, 0.3) is 0 Å². The molecule has 1 saturated carbocycles. The molecular formula is C10H14N2O. The Bertz CT molecular complexity index is 312. The lowest BCUT2D eigenvalue weighted by Crippen LogP contribution is -2.24. The highest BCUT2D eigenvalue weighted by atomic mass is 16.1. The van der Waals surface area contributed by atoms with Gasteiger partial charge in [0.25, 0.3) is 0 Å². The van der Waals surface area contributed by atoms with E-state index in [0.717, 1.165) is 25.1 Å². The number of ketones is 1. The molecule has 0 unspecified atom stereocenters. The van der Waals surface area contributed by atoms with Crippen LogP contribution in [0.1, 0.15) is 36.7 Å². The number of aryl methyl sites for hydroxylation is 1. The minimum Gasteiger partial charge on any atom is -0.292 e. The smallest absolute Gasteiger partial charge is 0.183 e. The van der Waals surface area contributed by atoms with Crippen LogP contribution in [-0.2, 0) is 6.54 Å². The van der Waals surface area contributed by atoms with Gasteiger partial charge in [-0.25, -0.2) is 0 Å². The van der Waals surface area contributed by atoms with E-state index in [9.17, 15) is 4.79 Å². The van der Waals surface area contributed by atoms with Gasteiger partial charge in [0.1, 0.15) is 5.69 Å². The predicted octanol–water partition coefficient (Wildman–Crippen LogP) is 1.89. The molecule has 0 amide bonds. The lowest BCUT2D eigenvalue weighted by atomic mass is 9.81. The van der Waals surface area contributed by atoms with Crippen LogP contribution in [-0.4, -0.2) is 15.6 Å². The Hall–Kier alpha value is -1.12. The van der Waals surface area contributed by atoms with Gasteiger partial charge in [-0.1, -0.05) is 6.42 Å². The van der Waals surface area contributed by atoms with Crippen molar-refractivity contribution in [1.82, 2.24) is 9.78 Å². The summed E-state index contributed by atoms with van der Waals surface area (Å²) in [5.74, 6) is 0.563. The predicted molar refractivity (Wildman–Crippen MR) is 49.6 cm³/mol. The van der Waals surface area contributed by atoms with Crippen molar-refractivity contribution >= 4 is 5.78 Å². The molecule has 70 valence electrons. The molecule has 0 radical (unpaired) electrons. The maximum absolute atomic E-state index is 11.8. The fourth-order valence-corrected chi connectivity index (χ4v) is 1.67. The van der Waals surface area contributed by atoms with Crippen LogP contribution in [0, 0.1) is 5.92 Å². The van der Waals surface area contributed by atoms with Gasteiger partial charge in [0, 0.05) is 18.7 Å². The average Bonchev–Trinajstić information content (AvgIpc) is 2.47. The third kappa shape index (κ3) is 1.39. The molecule has 1 fully saturated rings. The Labute approximate surface area is 77.7 Å². The number of aromatic nitrogens is 2. The van der Waals surface area contributed by atoms with Crippen molar-refractivity contribution in [2.75, 3.05) is 0 Å². The Kier molecular flexibility index (Phi) is 2.17.